The van der Waals surface area contributed by atoms with Crippen LogP contribution in [0.1, 0.15) is 0 Å². The Balaban J connectivity index is 1.29. The summed E-state index contributed by atoms with van der Waals surface area (Å²) in [5.74, 6) is -3.07. The smallest absolute Gasteiger partial charge is 0.297 e. The summed E-state index contributed by atoms with van der Waals surface area (Å²) in [6.07, 6.45) is 0. The highest BCUT2D eigenvalue weighted by Gasteiger charge is 2.28. The number of fused-ring (bicyclic) bond motifs is 2. The van der Waals surface area contributed by atoms with Gasteiger partial charge in [0.25, 0.3) is 30.4 Å². The Kier molecular flexibility index (Phi) is 11.7. The Morgan fingerprint density at radius 2 is 1.11 bits per heavy atom. The van der Waals surface area contributed by atoms with E-state index in [9.17, 15) is 64.5 Å². The van der Waals surface area contributed by atoms with E-state index in [1.165, 1.54) is 12.1 Å². The lowest BCUT2D eigenvalue weighted by atomic mass is 10.1. The minimum Gasteiger partial charge on any atom is -0.594 e. The second-order valence-corrected chi connectivity index (χ2v) is 16.9. The highest BCUT2D eigenvalue weighted by molar-refractivity contribution is 7.94. The summed E-state index contributed by atoms with van der Waals surface area (Å²) in [5.41, 5.74) is 8.02. The average molecular weight is 921 g/mol. The lowest BCUT2D eigenvalue weighted by Crippen LogP contribution is -2.06. The fourth-order valence-corrected chi connectivity index (χ4v) is 8.41. The van der Waals surface area contributed by atoms with Crippen LogP contribution in [0.2, 0.25) is 0 Å². The summed E-state index contributed by atoms with van der Waals surface area (Å²) in [4.78, 5) is -3.08. The molecular weight excluding hydrogens is 897 g/mol. The number of phenols is 4. The molecule has 0 amide bonds. The van der Waals surface area contributed by atoms with E-state index in [2.05, 4.69) is 34.9 Å². The quantitative estimate of drug-likeness (QED) is 0.0113. The van der Waals surface area contributed by atoms with Gasteiger partial charge < -0.3 is 37.1 Å². The van der Waals surface area contributed by atoms with Gasteiger partial charge in [-0.3, -0.25) is 13.7 Å². The summed E-state index contributed by atoms with van der Waals surface area (Å²) >= 11 is 0.236. The van der Waals surface area contributed by atoms with Crippen molar-refractivity contribution in [3.05, 3.63) is 78.0 Å². The van der Waals surface area contributed by atoms with Gasteiger partial charge in [-0.1, -0.05) is 5.04 Å². The largest absolute Gasteiger partial charge is 0.594 e. The molecule has 0 aliphatic rings. The van der Waals surface area contributed by atoms with Gasteiger partial charge in [0.05, 0.1) is 34.4 Å². The van der Waals surface area contributed by atoms with Crippen LogP contribution in [0.5, 0.6) is 23.0 Å². The lowest BCUT2D eigenvalue weighted by molar-refractivity contribution is -0.435. The molecule has 0 saturated heterocycles. The van der Waals surface area contributed by atoms with Crippen LogP contribution in [0.25, 0.3) is 21.5 Å². The minimum atomic E-state index is -5.26. The van der Waals surface area contributed by atoms with E-state index in [-0.39, 0.29) is 60.7 Å². The summed E-state index contributed by atoms with van der Waals surface area (Å²) in [6.45, 7) is 0. The van der Waals surface area contributed by atoms with Crippen molar-refractivity contribution >= 4 is 109 Å². The molecule has 29 heteroatoms. The number of benzene rings is 6. The Bertz CT molecular complexity index is 3260. The van der Waals surface area contributed by atoms with Crippen molar-refractivity contribution in [3.63, 3.8) is 0 Å². The van der Waals surface area contributed by atoms with Crippen molar-refractivity contribution in [2.45, 2.75) is 19.6 Å². The molecule has 0 aromatic heterocycles. The van der Waals surface area contributed by atoms with Crippen LogP contribution >= 0.6 is 12.0 Å². The predicted molar refractivity (Wildman–Crippen MR) is 210 cm³/mol. The van der Waals surface area contributed by atoms with Gasteiger partial charge in [0.2, 0.25) is 5.69 Å². The first-order valence-corrected chi connectivity index (χ1v) is 21.0. The monoisotopic (exact) mass is 920 g/mol. The maximum Gasteiger partial charge on any atom is 0.297 e. The Labute approximate surface area is 344 Å². The van der Waals surface area contributed by atoms with Crippen molar-refractivity contribution in [1.82, 2.24) is 0 Å². The third-order valence-electron chi connectivity index (χ3n) is 8.24. The summed E-state index contributed by atoms with van der Waals surface area (Å²) in [7, 11) is -15.3. The molecule has 6 aromatic rings. The lowest BCUT2D eigenvalue weighted by Gasteiger charge is -2.12. The maximum atomic E-state index is 12.9. The number of nitrogen functional groups attached to an aromatic ring is 2. The molecule has 0 heterocycles. The zero-order valence-electron chi connectivity index (χ0n) is 29.7. The van der Waals surface area contributed by atoms with E-state index in [1.54, 1.807) is 0 Å². The highest BCUT2D eigenvalue weighted by Crippen LogP contribution is 2.48. The first-order chi connectivity index (χ1) is 28.5. The zero-order valence-corrected chi connectivity index (χ0v) is 32.9. The first kappa shape index (κ1) is 43.8. The van der Waals surface area contributed by atoms with Crippen molar-refractivity contribution in [2.24, 2.45) is 25.6 Å². The molecule has 0 radical (unpaired) electrons. The molecule has 318 valence electrons. The van der Waals surface area contributed by atoms with E-state index in [1.807, 2.05) is 0 Å². The number of azo groups is 3. The molecule has 0 unspecified atom stereocenters. The van der Waals surface area contributed by atoms with E-state index < -0.39 is 96.2 Å². The number of aromatic hydroxyl groups is 4. The van der Waals surface area contributed by atoms with Crippen molar-refractivity contribution in [3.8, 4) is 23.0 Å². The van der Waals surface area contributed by atoms with Crippen molar-refractivity contribution < 1.29 is 78.8 Å². The normalized spacial score (nSPS) is 13.0. The number of nitrogens with two attached hydrogens (primary N) is 2. The standard InChI is InChI=1S/C32H24N8O17S4/c33-19-5-3-15-17(31(19)60(50,51)52)11-25(58-57-56-46)27(29(15)43)37-35-21-7-1-13(9-23(21)41)39-40(45)14-2-8-22(24(42)10-14)36-38-28-26(59(47,48)49)12-18-16(30(28)44)4-6-20(34)32(18)61(53,54)55/h1-12,41-44,46H,33-34H2,(H,47,48,49)(H,50,51,52)(H,53,54,55). The Morgan fingerprint density at radius 3 is 1.62 bits per heavy atom. The first-order valence-electron chi connectivity index (χ1n) is 15.9. The second-order valence-electron chi connectivity index (χ2n) is 12.1. The average Bonchev–Trinajstić information content (AvgIpc) is 3.15. The molecule has 0 atom stereocenters. The Morgan fingerprint density at radius 1 is 0.607 bits per heavy atom. The highest BCUT2D eigenvalue weighted by atomic mass is 32.2. The van der Waals surface area contributed by atoms with Crippen LogP contribution in [0.4, 0.5) is 45.5 Å². The van der Waals surface area contributed by atoms with Gasteiger partial charge in [0.1, 0.15) is 54.6 Å². The van der Waals surface area contributed by atoms with Gasteiger partial charge in [-0.2, -0.15) is 25.3 Å². The molecule has 0 fully saturated rings. The van der Waals surface area contributed by atoms with Gasteiger partial charge in [-0.25, -0.2) is 5.26 Å². The SMILES string of the molecule is Nc1ccc2c(O)c(N=Nc3ccc(N=[N+]([O-])c4ccc(N=Nc5c(S(=O)(=O)O)cc6c(S(=O)(=O)O)c(N)ccc6c5O)c(O)c4)cc3O)c(SOOO)cc2c1S(=O)(=O)O. The van der Waals surface area contributed by atoms with Gasteiger partial charge in [0.15, 0.2) is 11.5 Å². The van der Waals surface area contributed by atoms with Gasteiger partial charge in [-0.15, -0.1) is 24.8 Å². The summed E-state index contributed by atoms with van der Waals surface area (Å²) in [5, 5.41) is 85.6. The molecule has 12 N–H and O–H groups in total. The van der Waals surface area contributed by atoms with E-state index in [0.29, 0.717) is 6.07 Å². The van der Waals surface area contributed by atoms with E-state index in [0.717, 1.165) is 54.6 Å². The fraction of sp³-hybridized carbons (Fsp3) is 0. The molecule has 6 aromatic carbocycles. The second kappa shape index (κ2) is 16.3. The maximum absolute atomic E-state index is 12.9. The number of hydrogen-bond donors (Lipinski definition) is 10. The van der Waals surface area contributed by atoms with Crippen LogP contribution in [0.15, 0.2) is 118 Å². The van der Waals surface area contributed by atoms with Crippen LogP contribution in [-0.4, -0.2) is 69.5 Å². The topological polar surface area (TPSA) is 423 Å². The summed E-state index contributed by atoms with van der Waals surface area (Å²) in [6, 6.07) is 12.3. The van der Waals surface area contributed by atoms with E-state index in [4.69, 9.17) is 16.7 Å². The predicted octanol–water partition coefficient (Wildman–Crippen LogP) is 6.90. The number of nitrogens with zero attached hydrogens (tertiary/aromatic N) is 6. The number of phenolic OH excluding ortho intramolecular Hbond substituents is 4. The minimum absolute atomic E-state index is 0.00808. The van der Waals surface area contributed by atoms with Gasteiger partial charge in [-0.05, 0) is 59.5 Å². The van der Waals surface area contributed by atoms with Crippen LogP contribution in [0.3, 0.4) is 0 Å². The van der Waals surface area contributed by atoms with Crippen LogP contribution < -0.4 is 11.5 Å². The molecular formula is C32H24N8O17S4. The van der Waals surface area contributed by atoms with Crippen LogP contribution in [-0.2, 0) is 39.7 Å². The zero-order chi connectivity index (χ0) is 44.8. The van der Waals surface area contributed by atoms with Crippen LogP contribution in [0, 0.1) is 5.21 Å². The molecule has 0 bridgehead atoms. The molecule has 6 rings (SSSR count). The van der Waals surface area contributed by atoms with E-state index >= 15 is 0 Å². The number of anilines is 2. The Hall–Kier alpha value is -6.80. The fourth-order valence-electron chi connectivity index (χ4n) is 5.65. The third-order valence-corrected chi connectivity index (χ3v) is 11.7. The van der Waals surface area contributed by atoms with Crippen molar-refractivity contribution in [2.75, 3.05) is 11.5 Å². The molecule has 0 spiro atoms. The third kappa shape index (κ3) is 8.90. The molecule has 61 heavy (non-hydrogen) atoms. The molecule has 25 nitrogen and oxygen atoms in total. The summed E-state index contributed by atoms with van der Waals surface area (Å²) < 4.78 is 106. The van der Waals surface area contributed by atoms with Gasteiger partial charge >= 0.3 is 0 Å². The molecule has 0 aliphatic carbocycles. The van der Waals surface area contributed by atoms with Gasteiger partial charge in [0, 0.05) is 38.8 Å². The number of hydrogen-bond acceptors (Lipinski definition) is 22. The molecule has 0 aliphatic heterocycles. The number of rotatable bonds is 12. The molecule has 0 saturated carbocycles. The van der Waals surface area contributed by atoms with Crippen molar-refractivity contribution in [1.29, 1.82) is 0 Å².